The highest BCUT2D eigenvalue weighted by Gasteiger charge is 2.15. The van der Waals surface area contributed by atoms with Crippen molar-refractivity contribution < 1.29 is 4.79 Å². The lowest BCUT2D eigenvalue weighted by Crippen LogP contribution is -2.33. The minimum atomic E-state index is 0.760. The summed E-state index contributed by atoms with van der Waals surface area (Å²) in [7, 11) is 0. The predicted molar refractivity (Wildman–Crippen MR) is 65.5 cm³/mol. The van der Waals surface area contributed by atoms with Gasteiger partial charge in [0, 0.05) is 18.7 Å². The lowest BCUT2D eigenvalue weighted by atomic mass is 10.00. The molecule has 0 N–H and O–H groups in total. The van der Waals surface area contributed by atoms with Crippen molar-refractivity contribution in [1.82, 2.24) is 4.90 Å². The molecule has 16 heavy (non-hydrogen) atoms. The lowest BCUT2D eigenvalue weighted by Gasteiger charge is -2.30. The van der Waals surface area contributed by atoms with Gasteiger partial charge in [-0.3, -0.25) is 9.69 Å². The monoisotopic (exact) mass is 217 g/mol. The van der Waals surface area contributed by atoms with Crippen LogP contribution in [-0.2, 0) is 6.54 Å². The number of carbonyl (C=O) groups excluding carboxylic acids is 1. The number of carbonyl (C=O) groups is 1. The van der Waals surface area contributed by atoms with Crippen molar-refractivity contribution >= 4 is 6.29 Å². The Bertz CT molecular complexity index is 344. The molecule has 1 heterocycles. The summed E-state index contributed by atoms with van der Waals surface area (Å²) in [4.78, 5) is 13.0. The van der Waals surface area contributed by atoms with Crippen LogP contribution < -0.4 is 0 Å². The van der Waals surface area contributed by atoms with Crippen LogP contribution in [0.3, 0.4) is 0 Å². The van der Waals surface area contributed by atoms with Gasteiger partial charge in [-0.1, -0.05) is 31.2 Å². The van der Waals surface area contributed by atoms with Gasteiger partial charge in [0.05, 0.1) is 0 Å². The molecule has 0 amide bonds. The van der Waals surface area contributed by atoms with Gasteiger partial charge < -0.3 is 0 Å². The summed E-state index contributed by atoms with van der Waals surface area (Å²) in [6, 6.07) is 7.91. The van der Waals surface area contributed by atoms with Crippen LogP contribution in [0.4, 0.5) is 0 Å². The Labute approximate surface area is 97.3 Å². The number of hydrogen-bond donors (Lipinski definition) is 0. The van der Waals surface area contributed by atoms with Crippen LogP contribution in [0, 0.1) is 5.92 Å². The lowest BCUT2D eigenvalue weighted by molar-refractivity contribution is 0.112. The second kappa shape index (κ2) is 5.26. The van der Waals surface area contributed by atoms with E-state index in [1.807, 2.05) is 12.1 Å². The molecule has 2 heteroatoms. The molecule has 1 fully saturated rings. The van der Waals surface area contributed by atoms with Crippen molar-refractivity contribution in [3.05, 3.63) is 35.4 Å². The van der Waals surface area contributed by atoms with Crippen LogP contribution in [0.25, 0.3) is 0 Å². The first-order chi connectivity index (χ1) is 7.78. The van der Waals surface area contributed by atoms with Gasteiger partial charge in [0.15, 0.2) is 0 Å². The number of rotatable bonds is 3. The van der Waals surface area contributed by atoms with Crippen LogP contribution in [0.15, 0.2) is 24.3 Å². The van der Waals surface area contributed by atoms with Crippen LogP contribution in [-0.4, -0.2) is 24.3 Å². The van der Waals surface area contributed by atoms with E-state index in [0.29, 0.717) is 0 Å². The average Bonchev–Trinajstić information content (AvgIpc) is 2.30. The van der Waals surface area contributed by atoms with Crippen LogP contribution in [0.1, 0.15) is 35.7 Å². The van der Waals surface area contributed by atoms with Gasteiger partial charge in [0.1, 0.15) is 6.29 Å². The van der Waals surface area contributed by atoms with Gasteiger partial charge in [0.2, 0.25) is 0 Å². The van der Waals surface area contributed by atoms with Crippen LogP contribution in [0.5, 0.6) is 0 Å². The summed E-state index contributed by atoms with van der Waals surface area (Å²) in [5.41, 5.74) is 2.07. The van der Waals surface area contributed by atoms with E-state index in [0.717, 1.165) is 24.3 Å². The molecule has 1 saturated heterocycles. The molecule has 0 saturated carbocycles. The molecular weight excluding hydrogens is 198 g/mol. The summed E-state index contributed by atoms with van der Waals surface area (Å²) in [6.45, 7) is 5.75. The minimum Gasteiger partial charge on any atom is -0.299 e. The summed E-state index contributed by atoms with van der Waals surface area (Å²) in [5.74, 6) is 0.822. The number of hydrogen-bond acceptors (Lipinski definition) is 2. The number of likely N-dealkylation sites (tertiary alicyclic amines) is 1. The van der Waals surface area contributed by atoms with E-state index < -0.39 is 0 Å². The third-order valence-electron chi connectivity index (χ3n) is 3.26. The quantitative estimate of drug-likeness (QED) is 0.726. The Morgan fingerprint density at radius 1 is 1.38 bits per heavy atom. The highest BCUT2D eigenvalue weighted by molar-refractivity contribution is 5.74. The molecule has 1 aliphatic rings. The molecule has 0 unspecified atom stereocenters. The fraction of sp³-hybridized carbons (Fsp3) is 0.500. The van der Waals surface area contributed by atoms with E-state index in [9.17, 15) is 4.79 Å². The van der Waals surface area contributed by atoms with Gasteiger partial charge in [-0.05, 0) is 30.9 Å². The van der Waals surface area contributed by atoms with E-state index in [1.165, 1.54) is 31.5 Å². The number of nitrogens with zero attached hydrogens (tertiary/aromatic N) is 1. The molecule has 2 rings (SSSR count). The maximum atomic E-state index is 10.5. The van der Waals surface area contributed by atoms with E-state index in [4.69, 9.17) is 0 Å². The molecule has 1 aromatic carbocycles. The topological polar surface area (TPSA) is 20.3 Å². The smallest absolute Gasteiger partial charge is 0.150 e. The molecule has 0 spiro atoms. The van der Waals surface area contributed by atoms with Crippen molar-refractivity contribution in [3.8, 4) is 0 Å². The molecule has 1 aromatic rings. The fourth-order valence-electron chi connectivity index (χ4n) is 2.39. The summed E-state index contributed by atoms with van der Waals surface area (Å²) in [6.07, 6.45) is 3.57. The average molecular weight is 217 g/mol. The van der Waals surface area contributed by atoms with E-state index in [-0.39, 0.29) is 0 Å². The van der Waals surface area contributed by atoms with Crippen molar-refractivity contribution in [2.75, 3.05) is 13.1 Å². The summed E-state index contributed by atoms with van der Waals surface area (Å²) in [5, 5.41) is 0. The zero-order valence-corrected chi connectivity index (χ0v) is 9.86. The Kier molecular flexibility index (Phi) is 3.73. The Morgan fingerprint density at radius 3 is 2.75 bits per heavy atom. The van der Waals surface area contributed by atoms with Gasteiger partial charge in [-0.25, -0.2) is 0 Å². The van der Waals surface area contributed by atoms with E-state index in [1.54, 1.807) is 0 Å². The first kappa shape index (κ1) is 11.3. The van der Waals surface area contributed by atoms with Crippen LogP contribution >= 0.6 is 0 Å². The maximum absolute atomic E-state index is 10.5. The first-order valence-electron chi connectivity index (χ1n) is 6.04. The van der Waals surface area contributed by atoms with E-state index >= 15 is 0 Å². The molecule has 2 nitrogen and oxygen atoms in total. The Balaban J connectivity index is 1.94. The standard InChI is InChI=1S/C14H19NO/c1-12-3-2-8-15(9-12)10-13-4-6-14(11-16)7-5-13/h4-7,11-12H,2-3,8-10H2,1H3/t12-/m1/s1. The fourth-order valence-corrected chi connectivity index (χ4v) is 2.39. The molecular formula is C14H19NO. The van der Waals surface area contributed by atoms with Crippen molar-refractivity contribution in [3.63, 3.8) is 0 Å². The van der Waals surface area contributed by atoms with Gasteiger partial charge >= 0.3 is 0 Å². The van der Waals surface area contributed by atoms with Gasteiger partial charge in [-0.15, -0.1) is 0 Å². The summed E-state index contributed by atoms with van der Waals surface area (Å²) >= 11 is 0. The van der Waals surface area contributed by atoms with Crippen molar-refractivity contribution in [2.45, 2.75) is 26.3 Å². The highest BCUT2D eigenvalue weighted by atomic mass is 16.1. The Hall–Kier alpha value is -1.15. The van der Waals surface area contributed by atoms with E-state index in [2.05, 4.69) is 24.0 Å². The van der Waals surface area contributed by atoms with Crippen LogP contribution in [0.2, 0.25) is 0 Å². The Morgan fingerprint density at radius 2 is 2.12 bits per heavy atom. The normalized spacial score (nSPS) is 21.9. The number of piperidine rings is 1. The molecule has 0 radical (unpaired) electrons. The molecule has 0 aliphatic carbocycles. The zero-order valence-electron chi connectivity index (χ0n) is 9.86. The maximum Gasteiger partial charge on any atom is 0.150 e. The number of benzene rings is 1. The second-order valence-electron chi connectivity index (χ2n) is 4.84. The van der Waals surface area contributed by atoms with Gasteiger partial charge in [0.25, 0.3) is 0 Å². The largest absolute Gasteiger partial charge is 0.299 e. The number of aldehydes is 1. The minimum absolute atomic E-state index is 0.760. The predicted octanol–water partition coefficient (Wildman–Crippen LogP) is 2.73. The molecule has 1 aliphatic heterocycles. The zero-order chi connectivity index (χ0) is 11.4. The van der Waals surface area contributed by atoms with Crippen molar-refractivity contribution in [2.24, 2.45) is 5.92 Å². The second-order valence-corrected chi connectivity index (χ2v) is 4.84. The SMILES string of the molecule is C[C@@H]1CCCN(Cc2ccc(C=O)cc2)C1. The summed E-state index contributed by atoms with van der Waals surface area (Å²) < 4.78 is 0. The highest BCUT2D eigenvalue weighted by Crippen LogP contribution is 2.17. The molecule has 0 aromatic heterocycles. The molecule has 1 atom stereocenters. The van der Waals surface area contributed by atoms with Gasteiger partial charge in [-0.2, -0.15) is 0 Å². The molecule has 86 valence electrons. The third-order valence-corrected chi connectivity index (χ3v) is 3.26. The first-order valence-corrected chi connectivity index (χ1v) is 6.04. The van der Waals surface area contributed by atoms with Crippen molar-refractivity contribution in [1.29, 1.82) is 0 Å². The third kappa shape index (κ3) is 2.92. The molecule has 0 bridgehead atoms.